The molecule has 0 unspecified atom stereocenters. The molecule has 0 aromatic heterocycles. The van der Waals surface area contributed by atoms with Crippen LogP contribution in [0.3, 0.4) is 0 Å². The zero-order valence-electron chi connectivity index (χ0n) is 20.8. The Labute approximate surface area is 218 Å². The lowest BCUT2D eigenvalue weighted by atomic mass is 9.48. The maximum Gasteiger partial charge on any atom is 0.270 e. The Morgan fingerprint density at radius 1 is 1.06 bits per heavy atom. The maximum absolute atomic E-state index is 13.5. The van der Waals surface area contributed by atoms with E-state index in [0.29, 0.717) is 21.2 Å². The van der Waals surface area contributed by atoms with Gasteiger partial charge in [-0.15, -0.1) is 0 Å². The van der Waals surface area contributed by atoms with Gasteiger partial charge in [-0.1, -0.05) is 47.7 Å². The largest absolute Gasteiger partial charge is 0.493 e. The highest BCUT2D eigenvalue weighted by Crippen LogP contribution is 2.61. The summed E-state index contributed by atoms with van der Waals surface area (Å²) in [5, 5.41) is 0. The fourth-order valence-corrected chi connectivity index (χ4v) is 8.89. The summed E-state index contributed by atoms with van der Waals surface area (Å²) >= 11 is 7.06. The lowest BCUT2D eigenvalue weighted by Gasteiger charge is -2.57. The summed E-state index contributed by atoms with van der Waals surface area (Å²) in [6, 6.07) is 12.9. The molecular weight excluding hydrogens is 470 g/mol. The molecule has 0 radical (unpaired) electrons. The third-order valence-electron chi connectivity index (χ3n) is 8.63. The molecule has 5 fully saturated rings. The molecule has 3 nitrogen and oxygen atoms in total. The number of anilines is 1. The zero-order chi connectivity index (χ0) is 24.3. The lowest BCUT2D eigenvalue weighted by molar-refractivity contribution is -0.113. The molecule has 0 N–H and O–H groups in total. The van der Waals surface area contributed by atoms with Gasteiger partial charge in [-0.25, -0.2) is 0 Å². The van der Waals surface area contributed by atoms with Gasteiger partial charge in [0.25, 0.3) is 5.91 Å². The summed E-state index contributed by atoms with van der Waals surface area (Å²) < 4.78 is 6.60. The van der Waals surface area contributed by atoms with E-state index in [0.717, 1.165) is 40.3 Å². The van der Waals surface area contributed by atoms with Gasteiger partial charge in [0, 0.05) is 5.56 Å². The minimum Gasteiger partial charge on any atom is -0.493 e. The first-order valence-electron chi connectivity index (χ1n) is 13.0. The third-order valence-corrected chi connectivity index (χ3v) is 9.94. The molecule has 1 amide bonds. The van der Waals surface area contributed by atoms with E-state index in [1.165, 1.54) is 61.4 Å². The minimum atomic E-state index is -0.0467. The first-order valence-corrected chi connectivity index (χ1v) is 14.2. The Morgan fingerprint density at radius 2 is 1.74 bits per heavy atom. The van der Waals surface area contributed by atoms with E-state index in [1.54, 1.807) is 4.90 Å². The van der Waals surface area contributed by atoms with Crippen LogP contribution in [0, 0.1) is 31.6 Å². The average Bonchev–Trinajstić information content (AvgIpc) is 3.07. The minimum absolute atomic E-state index is 0.0467. The highest BCUT2D eigenvalue weighted by molar-refractivity contribution is 8.27. The van der Waals surface area contributed by atoms with E-state index in [9.17, 15) is 4.79 Å². The van der Waals surface area contributed by atoms with Gasteiger partial charge in [-0.05, 0) is 118 Å². The molecule has 4 aliphatic carbocycles. The molecule has 7 rings (SSSR count). The number of rotatable bonds is 5. The molecule has 2 aromatic carbocycles. The highest BCUT2D eigenvalue weighted by Gasteiger charge is 2.51. The number of hydrogen-bond acceptors (Lipinski definition) is 4. The summed E-state index contributed by atoms with van der Waals surface area (Å²) in [7, 11) is 0. The molecular formula is C30H33NO2S2. The molecule has 4 saturated carbocycles. The van der Waals surface area contributed by atoms with E-state index >= 15 is 0 Å². The van der Waals surface area contributed by atoms with Crippen LogP contribution in [-0.2, 0) is 10.2 Å². The molecule has 1 heterocycles. The number of amides is 1. The molecule has 5 aliphatic rings. The van der Waals surface area contributed by atoms with Crippen LogP contribution in [0.25, 0.3) is 6.08 Å². The maximum atomic E-state index is 13.5. The van der Waals surface area contributed by atoms with Crippen molar-refractivity contribution >= 4 is 46.0 Å². The molecule has 4 bridgehead atoms. The number of aryl methyl sites for hydroxylation is 2. The molecule has 182 valence electrons. The van der Waals surface area contributed by atoms with Crippen molar-refractivity contribution in [3.05, 3.63) is 63.6 Å². The summed E-state index contributed by atoms with van der Waals surface area (Å²) in [5.41, 5.74) is 5.85. The summed E-state index contributed by atoms with van der Waals surface area (Å²) in [4.78, 5) is 15.9. The molecule has 1 saturated heterocycles. The van der Waals surface area contributed by atoms with E-state index in [1.807, 2.05) is 32.1 Å². The third kappa shape index (κ3) is 4.05. The zero-order valence-corrected chi connectivity index (χ0v) is 22.4. The topological polar surface area (TPSA) is 29.5 Å². The summed E-state index contributed by atoms with van der Waals surface area (Å²) in [5.74, 6) is 3.48. The monoisotopic (exact) mass is 503 g/mol. The van der Waals surface area contributed by atoms with E-state index in [-0.39, 0.29) is 5.91 Å². The van der Waals surface area contributed by atoms with Gasteiger partial charge in [0.1, 0.15) is 5.75 Å². The van der Waals surface area contributed by atoms with Gasteiger partial charge in [-0.2, -0.15) is 0 Å². The quantitative estimate of drug-likeness (QED) is 0.311. The van der Waals surface area contributed by atoms with Gasteiger partial charge in [-0.3, -0.25) is 9.69 Å². The number of nitrogens with zero attached hydrogens (tertiary/aromatic N) is 1. The van der Waals surface area contributed by atoms with E-state index < -0.39 is 0 Å². The lowest BCUT2D eigenvalue weighted by Crippen LogP contribution is -2.48. The number of thiocarbonyl (C=S) groups is 1. The van der Waals surface area contributed by atoms with E-state index in [2.05, 4.69) is 31.2 Å². The van der Waals surface area contributed by atoms with Crippen molar-refractivity contribution in [1.29, 1.82) is 0 Å². The molecule has 0 spiro atoms. The van der Waals surface area contributed by atoms with Crippen LogP contribution in [0.15, 0.2) is 41.3 Å². The van der Waals surface area contributed by atoms with Crippen molar-refractivity contribution < 1.29 is 9.53 Å². The van der Waals surface area contributed by atoms with Gasteiger partial charge < -0.3 is 4.74 Å². The van der Waals surface area contributed by atoms with Crippen molar-refractivity contribution in [3.8, 4) is 5.75 Å². The van der Waals surface area contributed by atoms with Crippen molar-refractivity contribution in [2.24, 2.45) is 17.8 Å². The van der Waals surface area contributed by atoms with Gasteiger partial charge in [0.05, 0.1) is 17.2 Å². The van der Waals surface area contributed by atoms with Gasteiger partial charge in [0.15, 0.2) is 4.32 Å². The Hall–Kier alpha value is -2.11. The molecule has 35 heavy (non-hydrogen) atoms. The predicted molar refractivity (Wildman–Crippen MR) is 149 cm³/mol. The Balaban J connectivity index is 1.36. The van der Waals surface area contributed by atoms with Gasteiger partial charge in [0.2, 0.25) is 0 Å². The van der Waals surface area contributed by atoms with Crippen molar-refractivity contribution in [2.75, 3.05) is 11.5 Å². The fourth-order valence-electron chi connectivity index (χ4n) is 7.62. The SMILES string of the molecule is CCOc1ccc(C23CC4CC(CC(C4)C2)C3)cc1/C=C1\SC(=S)N(c2ccc(C)cc2C)C1=O. The summed E-state index contributed by atoms with van der Waals surface area (Å²) in [6.07, 6.45) is 10.3. The van der Waals surface area contributed by atoms with Crippen molar-refractivity contribution in [2.45, 2.75) is 64.7 Å². The van der Waals surface area contributed by atoms with E-state index in [4.69, 9.17) is 17.0 Å². The predicted octanol–water partition coefficient (Wildman–Crippen LogP) is 7.58. The second kappa shape index (κ2) is 8.77. The highest BCUT2D eigenvalue weighted by atomic mass is 32.2. The molecule has 1 aliphatic heterocycles. The van der Waals surface area contributed by atoms with Crippen LogP contribution in [0.5, 0.6) is 5.75 Å². The fraction of sp³-hybridized carbons (Fsp3) is 0.467. The summed E-state index contributed by atoms with van der Waals surface area (Å²) in [6.45, 7) is 6.71. The van der Waals surface area contributed by atoms with Crippen LogP contribution in [0.4, 0.5) is 5.69 Å². The smallest absolute Gasteiger partial charge is 0.270 e. The first-order chi connectivity index (χ1) is 16.8. The number of hydrogen-bond donors (Lipinski definition) is 0. The number of ether oxygens (including phenoxy) is 1. The Morgan fingerprint density at radius 3 is 2.37 bits per heavy atom. The van der Waals surface area contributed by atoms with Crippen LogP contribution in [-0.4, -0.2) is 16.8 Å². The normalized spacial score (nSPS) is 30.5. The average molecular weight is 504 g/mol. The van der Waals surface area contributed by atoms with Crippen LogP contribution in [0.1, 0.15) is 67.7 Å². The first kappa shape index (κ1) is 23.3. The molecule has 0 atom stereocenters. The van der Waals surface area contributed by atoms with Crippen molar-refractivity contribution in [1.82, 2.24) is 0 Å². The van der Waals surface area contributed by atoms with Crippen LogP contribution in [0.2, 0.25) is 0 Å². The number of benzene rings is 2. The number of carbonyl (C=O) groups is 1. The van der Waals surface area contributed by atoms with Crippen LogP contribution < -0.4 is 9.64 Å². The Bertz CT molecular complexity index is 1210. The van der Waals surface area contributed by atoms with Crippen LogP contribution >= 0.6 is 24.0 Å². The molecule has 5 heteroatoms. The number of carbonyl (C=O) groups excluding carboxylic acids is 1. The molecule has 2 aromatic rings. The Kier molecular flexibility index (Phi) is 5.84. The number of thioether (sulfide) groups is 1. The van der Waals surface area contributed by atoms with Gasteiger partial charge >= 0.3 is 0 Å². The second-order valence-corrected chi connectivity index (χ2v) is 12.9. The van der Waals surface area contributed by atoms with Crippen molar-refractivity contribution in [3.63, 3.8) is 0 Å². The second-order valence-electron chi connectivity index (χ2n) is 11.2. The standard InChI is InChI=1S/C30H33NO2S2/c1-4-33-26-8-6-24(30-15-20-10-21(16-30)12-22(11-20)17-30)13-23(26)14-27-28(32)31(29(34)35-27)25-7-5-18(2)9-19(25)3/h5-9,13-14,20-22H,4,10-12,15-17H2,1-3H3/b27-14-.